The highest BCUT2D eigenvalue weighted by atomic mass is 32.3. The molecule has 0 heterocycles. The first-order valence-electron chi connectivity index (χ1n) is 27.5. The van der Waals surface area contributed by atoms with E-state index in [4.69, 9.17) is 33.5 Å². The lowest BCUT2D eigenvalue weighted by atomic mass is 10.1. The van der Waals surface area contributed by atoms with Crippen molar-refractivity contribution in [3.05, 3.63) is 0 Å². The summed E-state index contributed by atoms with van der Waals surface area (Å²) in [6, 6.07) is 0. The highest BCUT2D eigenvalue weighted by Crippen LogP contribution is 2.31. The zero-order valence-corrected chi connectivity index (χ0v) is 47.0. The third-order valence-electron chi connectivity index (χ3n) is 11.7. The van der Waals surface area contributed by atoms with E-state index < -0.39 is 74.2 Å². The molecule has 0 fully saturated rings. The molecule has 0 amide bonds. The van der Waals surface area contributed by atoms with Crippen molar-refractivity contribution in [3.8, 4) is 0 Å². The first-order chi connectivity index (χ1) is 33.1. The Labute approximate surface area is 423 Å². The van der Waals surface area contributed by atoms with Crippen LogP contribution in [0.25, 0.3) is 0 Å². The molecular formula is C49H100O16S4. The molecule has 0 unspecified atom stereocenters. The summed E-state index contributed by atoms with van der Waals surface area (Å²) >= 11 is 0. The minimum Gasteiger partial charge on any atom is -0.248 e. The molecule has 0 radical (unpaired) electrons. The van der Waals surface area contributed by atoms with Crippen LogP contribution in [0.2, 0.25) is 0 Å². The van der Waals surface area contributed by atoms with Gasteiger partial charge >= 0.3 is 47.8 Å². The molecule has 0 aliphatic carbocycles. The molecule has 0 rings (SSSR count). The van der Waals surface area contributed by atoms with Gasteiger partial charge in [-0.15, -0.1) is 0 Å². The minimum atomic E-state index is -5.54. The molecule has 0 atom stereocenters. The zero-order valence-electron chi connectivity index (χ0n) is 43.8. The van der Waals surface area contributed by atoms with Crippen molar-refractivity contribution in [2.24, 2.45) is 0 Å². The van der Waals surface area contributed by atoms with Gasteiger partial charge in [0.05, 0.1) is 26.4 Å². The molecule has 0 aromatic rings. The summed E-state index contributed by atoms with van der Waals surface area (Å²) in [5.41, 5.74) is 0. The van der Waals surface area contributed by atoms with E-state index in [1.165, 1.54) is 51.4 Å². The maximum Gasteiger partial charge on any atom is 0.477 e. The summed E-state index contributed by atoms with van der Waals surface area (Å²) in [6.45, 7) is 6.69. The molecule has 0 saturated heterocycles. The van der Waals surface area contributed by atoms with Gasteiger partial charge in [-0.3, -0.25) is 0 Å². The van der Waals surface area contributed by atoms with E-state index >= 15 is 0 Å². The summed E-state index contributed by atoms with van der Waals surface area (Å²) in [6.07, 6.45) is 32.9. The summed E-state index contributed by atoms with van der Waals surface area (Å²) in [5.74, 6) is 0. The second-order valence-corrected chi connectivity index (χ2v) is 23.4. The quantitative estimate of drug-likeness (QED) is 0.0409. The van der Waals surface area contributed by atoms with Gasteiger partial charge in [0.25, 0.3) is 0 Å². The molecule has 0 aliphatic heterocycles. The van der Waals surface area contributed by atoms with E-state index in [1.54, 1.807) is 0 Å². The van der Waals surface area contributed by atoms with Gasteiger partial charge in [-0.2, -0.15) is 50.4 Å². The topological polar surface area (TPSA) is 210 Å². The lowest BCUT2D eigenvalue weighted by Gasteiger charge is -2.27. The molecule has 0 aromatic carbocycles. The average Bonchev–Trinajstić information content (AvgIpc) is 3.27. The standard InChI is InChI=1S/C49H100O16S4/c1-5-9-13-17-21-25-29-33-37-41-45-58-66(50,51)62-49(63-67(52,53)59-46-42-38-34-30-26-22-18-14-10-6-2,64-68(54,55)60-47-43-39-35-31-27-23-19-15-11-7-3)65-69(56,57)61-48-44-40-36-32-28-24-20-16-12-8-4/h5-48H2,1-4H3. The monoisotopic (exact) mass is 1070 g/mol. The molecule has 0 bridgehead atoms. The number of hydrogen-bond acceptors (Lipinski definition) is 16. The third-order valence-corrected chi connectivity index (χ3v) is 15.2. The predicted molar refractivity (Wildman–Crippen MR) is 274 cm³/mol. The molecule has 69 heavy (non-hydrogen) atoms. The first kappa shape index (κ1) is 68.5. The zero-order chi connectivity index (χ0) is 51.3. The smallest absolute Gasteiger partial charge is 0.248 e. The van der Waals surface area contributed by atoms with Gasteiger partial charge in [-0.05, 0) is 25.7 Å². The predicted octanol–water partition coefficient (Wildman–Crippen LogP) is 14.4. The SMILES string of the molecule is CCCCCCCCCCCCOS(=O)(=O)OC(OS(=O)(=O)OCCCCCCCCCCCC)(OS(=O)(=O)OCCCCCCCCCCCC)OS(=O)(=O)OCCCCCCCCCCCC. The Bertz CT molecular complexity index is 1360. The van der Waals surface area contributed by atoms with E-state index in [1.807, 2.05) is 0 Å². The third kappa shape index (κ3) is 45.8. The first-order valence-corrected chi connectivity index (χ1v) is 32.8. The van der Waals surface area contributed by atoms with E-state index in [0.29, 0.717) is 25.7 Å². The van der Waals surface area contributed by atoms with Crippen LogP contribution in [-0.2, 0) is 75.1 Å². The lowest BCUT2D eigenvalue weighted by molar-refractivity contribution is -0.369. The molecule has 0 spiro atoms. The van der Waals surface area contributed by atoms with E-state index in [0.717, 1.165) is 154 Å². The minimum absolute atomic E-state index is 0.217. The number of hydrogen-bond donors (Lipinski definition) is 0. The second kappa shape index (κ2) is 44.9. The van der Waals surface area contributed by atoms with Crippen molar-refractivity contribution in [2.45, 2.75) is 291 Å². The van der Waals surface area contributed by atoms with Crippen molar-refractivity contribution >= 4 is 41.6 Å². The molecule has 0 aliphatic rings. The van der Waals surface area contributed by atoms with Gasteiger partial charge in [0, 0.05) is 0 Å². The van der Waals surface area contributed by atoms with Crippen LogP contribution in [0.15, 0.2) is 0 Å². The van der Waals surface area contributed by atoms with Crippen LogP contribution < -0.4 is 0 Å². The maximum absolute atomic E-state index is 13.3. The van der Waals surface area contributed by atoms with Crippen LogP contribution in [0.3, 0.4) is 0 Å². The Morgan fingerprint density at radius 2 is 0.348 bits per heavy atom. The van der Waals surface area contributed by atoms with Crippen LogP contribution in [0.1, 0.15) is 285 Å². The van der Waals surface area contributed by atoms with Crippen molar-refractivity contribution in [1.82, 2.24) is 0 Å². The maximum atomic E-state index is 13.3. The summed E-state index contributed by atoms with van der Waals surface area (Å²) < 4.78 is 145. The molecular weight excluding hydrogens is 973 g/mol. The highest BCUT2D eigenvalue weighted by molar-refractivity contribution is 7.84. The molecule has 416 valence electrons. The molecule has 16 nitrogen and oxygen atoms in total. The van der Waals surface area contributed by atoms with Crippen LogP contribution >= 0.6 is 0 Å². The summed E-state index contributed by atoms with van der Waals surface area (Å²) in [5, 5.41) is 0. The average molecular weight is 1070 g/mol. The second-order valence-electron chi connectivity index (χ2n) is 18.5. The van der Waals surface area contributed by atoms with Gasteiger partial charge in [-0.1, -0.05) is 259 Å². The fourth-order valence-corrected chi connectivity index (χ4v) is 10.8. The largest absolute Gasteiger partial charge is 0.477 e. The van der Waals surface area contributed by atoms with Crippen molar-refractivity contribution < 1.29 is 67.1 Å². The van der Waals surface area contributed by atoms with Crippen molar-refractivity contribution in [3.63, 3.8) is 0 Å². The van der Waals surface area contributed by atoms with E-state index in [-0.39, 0.29) is 25.7 Å². The fourth-order valence-electron chi connectivity index (χ4n) is 7.68. The Hall–Kier alpha value is -0.520. The number of unbranched alkanes of at least 4 members (excludes halogenated alkanes) is 36. The lowest BCUT2D eigenvalue weighted by Crippen LogP contribution is -2.49. The van der Waals surface area contributed by atoms with Crippen LogP contribution in [-0.4, -0.2) is 66.3 Å². The molecule has 20 heteroatoms. The van der Waals surface area contributed by atoms with Crippen LogP contribution in [0, 0.1) is 0 Å². The number of rotatable bonds is 56. The van der Waals surface area contributed by atoms with E-state index in [9.17, 15) is 33.7 Å². The van der Waals surface area contributed by atoms with Gasteiger partial charge in [0.15, 0.2) is 0 Å². The summed E-state index contributed by atoms with van der Waals surface area (Å²) in [4.78, 5) is 0. The highest BCUT2D eigenvalue weighted by Gasteiger charge is 2.55. The van der Waals surface area contributed by atoms with Gasteiger partial charge < -0.3 is 0 Å². The fraction of sp³-hybridized carbons (Fsp3) is 1.00. The Kier molecular flexibility index (Phi) is 44.6. The molecule has 0 saturated carbocycles. The Morgan fingerprint density at radius 3 is 0.493 bits per heavy atom. The molecule has 0 N–H and O–H groups in total. The normalized spacial score (nSPS) is 12.9. The van der Waals surface area contributed by atoms with Crippen molar-refractivity contribution in [1.29, 1.82) is 0 Å². The van der Waals surface area contributed by atoms with Gasteiger partial charge in [0.2, 0.25) is 0 Å². The Morgan fingerprint density at radius 1 is 0.217 bits per heavy atom. The van der Waals surface area contributed by atoms with Crippen LogP contribution in [0.4, 0.5) is 0 Å². The van der Waals surface area contributed by atoms with Gasteiger partial charge in [0.1, 0.15) is 0 Å². The van der Waals surface area contributed by atoms with Gasteiger partial charge in [-0.25, -0.2) is 16.7 Å². The molecule has 0 aromatic heterocycles. The summed E-state index contributed by atoms with van der Waals surface area (Å²) in [7, 11) is -22.2. The van der Waals surface area contributed by atoms with Crippen LogP contribution in [0.5, 0.6) is 0 Å². The van der Waals surface area contributed by atoms with Crippen molar-refractivity contribution in [2.75, 3.05) is 26.4 Å². The van der Waals surface area contributed by atoms with E-state index in [2.05, 4.69) is 27.7 Å². The Balaban J connectivity index is 6.08.